The number of ether oxygens (including phenoxy) is 2. The van der Waals surface area contributed by atoms with E-state index in [1.165, 1.54) is 29.7 Å². The average molecular weight is 433 g/mol. The van der Waals surface area contributed by atoms with E-state index in [1.54, 1.807) is 7.11 Å². The number of nitrogens with zero attached hydrogens (tertiary/aromatic N) is 1. The molecule has 2 aliphatic heterocycles. The number of aliphatic hydroxyl groups is 1. The maximum Gasteiger partial charge on any atom is 0.212 e. The molecule has 6 rings (SSSR count). The predicted octanol–water partition coefficient (Wildman–Crippen LogP) is 4.31. The first-order valence-corrected chi connectivity index (χ1v) is 12.1. The number of hydrogen-bond donors (Lipinski definition) is 2. The van der Waals surface area contributed by atoms with Crippen LogP contribution in [0.5, 0.6) is 0 Å². The van der Waals surface area contributed by atoms with Crippen LogP contribution >= 0.6 is 0 Å². The maximum atomic E-state index is 10.5. The highest BCUT2D eigenvalue weighted by Gasteiger charge is 2.42. The fourth-order valence-corrected chi connectivity index (χ4v) is 6.24. The van der Waals surface area contributed by atoms with E-state index in [2.05, 4.69) is 23.5 Å². The summed E-state index contributed by atoms with van der Waals surface area (Å²) in [5.74, 6) is 3.47. The summed E-state index contributed by atoms with van der Waals surface area (Å²) in [7, 11) is 1.66. The van der Waals surface area contributed by atoms with Gasteiger partial charge in [0, 0.05) is 30.0 Å². The van der Waals surface area contributed by atoms with Crippen LogP contribution in [0.1, 0.15) is 38.5 Å². The minimum Gasteiger partial charge on any atom is -0.490 e. The van der Waals surface area contributed by atoms with Gasteiger partial charge in [-0.3, -0.25) is 0 Å². The van der Waals surface area contributed by atoms with Gasteiger partial charge in [0.2, 0.25) is 5.90 Å². The van der Waals surface area contributed by atoms with Crippen molar-refractivity contribution in [2.24, 2.45) is 28.7 Å². The number of rotatable bonds is 2. The Labute approximate surface area is 190 Å². The van der Waals surface area contributed by atoms with Crippen molar-refractivity contribution in [1.29, 1.82) is 0 Å². The van der Waals surface area contributed by atoms with Gasteiger partial charge in [0.1, 0.15) is 18.0 Å². The van der Waals surface area contributed by atoms with Crippen LogP contribution in [0, 0.1) is 23.7 Å². The minimum atomic E-state index is -0.553. The Morgan fingerprint density at radius 3 is 2.91 bits per heavy atom. The van der Waals surface area contributed by atoms with Crippen LogP contribution in [0.4, 0.5) is 0 Å². The van der Waals surface area contributed by atoms with E-state index in [0.29, 0.717) is 11.8 Å². The molecule has 168 valence electrons. The highest BCUT2D eigenvalue weighted by molar-refractivity contribution is 5.89. The van der Waals surface area contributed by atoms with Gasteiger partial charge in [-0.15, -0.1) is 0 Å². The van der Waals surface area contributed by atoms with Crippen molar-refractivity contribution in [2.45, 2.75) is 56.9 Å². The van der Waals surface area contributed by atoms with Gasteiger partial charge >= 0.3 is 0 Å². The number of methoxy groups -OCH3 is 1. The Hall–Kier alpha value is -2.53. The van der Waals surface area contributed by atoms with Gasteiger partial charge in [-0.25, -0.2) is 4.99 Å². The first kappa shape index (κ1) is 20.1. The Kier molecular flexibility index (Phi) is 5.09. The third-order valence-electron chi connectivity index (χ3n) is 8.00. The lowest BCUT2D eigenvalue weighted by Crippen LogP contribution is -2.44. The summed E-state index contributed by atoms with van der Waals surface area (Å²) >= 11 is 0. The van der Waals surface area contributed by atoms with Crippen molar-refractivity contribution in [3.63, 3.8) is 0 Å². The van der Waals surface area contributed by atoms with Crippen LogP contribution in [-0.2, 0) is 9.47 Å². The van der Waals surface area contributed by atoms with Crippen molar-refractivity contribution < 1.29 is 14.6 Å². The molecule has 6 aliphatic rings. The number of aliphatic hydroxyl groups excluding tert-OH is 1. The van der Waals surface area contributed by atoms with E-state index in [0.717, 1.165) is 37.3 Å². The number of fused-ring (bicyclic) bond motifs is 3. The van der Waals surface area contributed by atoms with Gasteiger partial charge in [0.15, 0.2) is 0 Å². The molecule has 0 saturated heterocycles. The molecule has 0 aromatic rings. The largest absolute Gasteiger partial charge is 0.490 e. The van der Waals surface area contributed by atoms with Crippen molar-refractivity contribution in [3.05, 3.63) is 71.2 Å². The van der Waals surface area contributed by atoms with Gasteiger partial charge in [-0.05, 0) is 55.1 Å². The van der Waals surface area contributed by atoms with Crippen LogP contribution in [0.15, 0.2) is 76.2 Å². The van der Waals surface area contributed by atoms with Crippen LogP contribution in [0.25, 0.3) is 0 Å². The molecule has 0 fully saturated rings. The molecule has 0 spiro atoms. The lowest BCUT2D eigenvalue weighted by Gasteiger charge is -2.35. The standard InChI is InChI=1S/C27H32N2O3/c1-31-26-15-22(28-27(29-26)19-8-4-5-9-23(19)30)18-10-11-24-20(13-18)21-12-16-6-2-3-7-17(16)14-25(21)32-24/h2,4-6,8-9,13,15-19,23-24,27-28,30H,3,7,10-12,14H2,1H3. The zero-order chi connectivity index (χ0) is 21.7. The van der Waals surface area contributed by atoms with Gasteiger partial charge in [-0.2, -0.15) is 0 Å². The third-order valence-corrected chi connectivity index (χ3v) is 8.00. The Morgan fingerprint density at radius 1 is 1.12 bits per heavy atom. The van der Waals surface area contributed by atoms with Crippen LogP contribution in [-0.4, -0.2) is 36.5 Å². The normalized spacial score (nSPS) is 39.7. The second-order valence-corrected chi connectivity index (χ2v) is 9.85. The SMILES string of the molecule is COC1=NC(C2C=CC=CC2O)NC(C2C=C3C4=C(CC5CCC=CC5C4)OC3CC2)=C1. The van der Waals surface area contributed by atoms with E-state index in [1.807, 2.05) is 30.4 Å². The van der Waals surface area contributed by atoms with Crippen LogP contribution in [0.3, 0.4) is 0 Å². The summed E-state index contributed by atoms with van der Waals surface area (Å²) in [5.41, 5.74) is 4.01. The molecule has 5 nitrogen and oxygen atoms in total. The molecule has 0 saturated carbocycles. The van der Waals surface area contributed by atoms with Crippen molar-refractivity contribution in [3.8, 4) is 0 Å². The summed E-state index contributed by atoms with van der Waals surface area (Å²) < 4.78 is 12.0. The van der Waals surface area contributed by atoms with Gasteiger partial charge in [-0.1, -0.05) is 42.5 Å². The van der Waals surface area contributed by atoms with E-state index in [4.69, 9.17) is 14.5 Å². The summed E-state index contributed by atoms with van der Waals surface area (Å²) in [6.45, 7) is 0. The molecule has 4 aliphatic carbocycles. The molecular formula is C27H32N2O3. The summed E-state index contributed by atoms with van der Waals surface area (Å²) in [6.07, 6.45) is 23.2. The molecule has 2 N–H and O–H groups in total. The molecule has 0 amide bonds. The fraction of sp³-hybridized carbons (Fsp3) is 0.519. The van der Waals surface area contributed by atoms with Crippen LogP contribution < -0.4 is 5.32 Å². The second kappa shape index (κ2) is 8.11. The lowest BCUT2D eigenvalue weighted by molar-refractivity contribution is 0.126. The molecule has 0 bridgehead atoms. The Bertz CT molecular complexity index is 998. The first-order chi connectivity index (χ1) is 15.7. The monoisotopic (exact) mass is 432 g/mol. The van der Waals surface area contributed by atoms with Crippen LogP contribution in [0.2, 0.25) is 0 Å². The zero-order valence-electron chi connectivity index (χ0n) is 18.6. The topological polar surface area (TPSA) is 63.1 Å². The van der Waals surface area contributed by atoms with E-state index >= 15 is 0 Å². The van der Waals surface area contributed by atoms with Gasteiger partial charge in [0.25, 0.3) is 0 Å². The highest BCUT2D eigenvalue weighted by atomic mass is 16.5. The van der Waals surface area contributed by atoms with E-state index in [-0.39, 0.29) is 24.1 Å². The summed E-state index contributed by atoms with van der Waals surface area (Å²) in [5, 5.41) is 14.1. The number of allylic oxidation sites excluding steroid dienone is 6. The Morgan fingerprint density at radius 2 is 2.03 bits per heavy atom. The number of nitrogens with one attached hydrogen (secondary N) is 1. The third kappa shape index (κ3) is 3.47. The number of hydrogen-bond acceptors (Lipinski definition) is 5. The fourth-order valence-electron chi connectivity index (χ4n) is 6.24. The minimum absolute atomic E-state index is 0.115. The van der Waals surface area contributed by atoms with Crippen molar-refractivity contribution in [2.75, 3.05) is 7.11 Å². The molecule has 2 heterocycles. The van der Waals surface area contributed by atoms with Crippen molar-refractivity contribution >= 4 is 5.90 Å². The second-order valence-electron chi connectivity index (χ2n) is 9.85. The number of aliphatic imine (C=N–C) groups is 1. The maximum absolute atomic E-state index is 10.5. The molecule has 7 unspecified atom stereocenters. The molecule has 0 aromatic carbocycles. The average Bonchev–Trinajstić information content (AvgIpc) is 3.19. The molecule has 0 aromatic heterocycles. The van der Waals surface area contributed by atoms with E-state index < -0.39 is 6.10 Å². The molecular weight excluding hydrogens is 400 g/mol. The molecule has 32 heavy (non-hydrogen) atoms. The molecule has 5 heteroatoms. The lowest BCUT2D eigenvalue weighted by atomic mass is 9.71. The van der Waals surface area contributed by atoms with Gasteiger partial charge in [0.05, 0.1) is 13.2 Å². The van der Waals surface area contributed by atoms with Gasteiger partial charge < -0.3 is 19.9 Å². The van der Waals surface area contributed by atoms with Crippen molar-refractivity contribution in [1.82, 2.24) is 5.32 Å². The molecule has 7 atom stereocenters. The quantitative estimate of drug-likeness (QED) is 0.638. The summed E-state index contributed by atoms with van der Waals surface area (Å²) in [4.78, 5) is 4.70. The predicted molar refractivity (Wildman–Crippen MR) is 125 cm³/mol. The molecule has 0 radical (unpaired) electrons. The zero-order valence-corrected chi connectivity index (χ0v) is 18.6. The highest BCUT2D eigenvalue weighted by Crippen LogP contribution is 2.50. The first-order valence-electron chi connectivity index (χ1n) is 12.1. The summed E-state index contributed by atoms with van der Waals surface area (Å²) in [6, 6.07) is 0. The smallest absolute Gasteiger partial charge is 0.212 e. The Balaban J connectivity index is 1.26. The van der Waals surface area contributed by atoms with E-state index in [9.17, 15) is 5.11 Å².